The lowest BCUT2D eigenvalue weighted by atomic mass is 10.0. The SMILES string of the molecule is CC(C)C1CCCN1CCC(N)c1cccc(Cl)c1. The van der Waals surface area contributed by atoms with Crippen LogP contribution in [0.4, 0.5) is 0 Å². The molecule has 106 valence electrons. The smallest absolute Gasteiger partial charge is 0.0409 e. The Morgan fingerprint density at radius 1 is 1.42 bits per heavy atom. The Bertz CT molecular complexity index is 405. The van der Waals surface area contributed by atoms with Crippen LogP contribution in [0.1, 0.15) is 44.7 Å². The summed E-state index contributed by atoms with van der Waals surface area (Å²) in [7, 11) is 0. The fourth-order valence-corrected chi connectivity index (χ4v) is 3.29. The van der Waals surface area contributed by atoms with Crippen LogP contribution in [0.15, 0.2) is 24.3 Å². The van der Waals surface area contributed by atoms with Gasteiger partial charge in [-0.1, -0.05) is 37.6 Å². The highest BCUT2D eigenvalue weighted by Gasteiger charge is 2.26. The second-order valence-electron chi connectivity index (χ2n) is 5.94. The number of benzene rings is 1. The monoisotopic (exact) mass is 280 g/mol. The normalized spacial score (nSPS) is 22.1. The van der Waals surface area contributed by atoms with Crippen LogP contribution in [0.2, 0.25) is 5.02 Å². The number of halogens is 1. The Morgan fingerprint density at radius 3 is 2.89 bits per heavy atom. The minimum atomic E-state index is 0.0899. The first-order chi connectivity index (χ1) is 9.08. The van der Waals surface area contributed by atoms with E-state index in [1.165, 1.54) is 19.4 Å². The molecule has 0 bridgehead atoms. The summed E-state index contributed by atoms with van der Waals surface area (Å²) in [6.45, 7) is 6.96. The predicted octanol–water partition coefficient (Wildman–Crippen LogP) is 3.85. The fourth-order valence-electron chi connectivity index (χ4n) is 3.09. The lowest BCUT2D eigenvalue weighted by molar-refractivity contribution is 0.200. The zero-order valence-corrected chi connectivity index (χ0v) is 12.7. The van der Waals surface area contributed by atoms with Crippen LogP contribution in [0.25, 0.3) is 0 Å². The summed E-state index contributed by atoms with van der Waals surface area (Å²) in [6, 6.07) is 8.76. The van der Waals surface area contributed by atoms with Crippen molar-refractivity contribution in [2.45, 2.75) is 45.2 Å². The molecule has 0 spiro atoms. The van der Waals surface area contributed by atoms with Crippen LogP contribution in [0.5, 0.6) is 0 Å². The molecule has 0 saturated carbocycles. The van der Waals surface area contributed by atoms with E-state index < -0.39 is 0 Å². The van der Waals surface area contributed by atoms with Crippen LogP contribution >= 0.6 is 11.6 Å². The molecule has 1 aromatic rings. The van der Waals surface area contributed by atoms with Crippen molar-refractivity contribution >= 4 is 11.6 Å². The van der Waals surface area contributed by atoms with Crippen molar-refractivity contribution in [3.8, 4) is 0 Å². The topological polar surface area (TPSA) is 29.3 Å². The Labute approximate surface area is 121 Å². The highest BCUT2D eigenvalue weighted by molar-refractivity contribution is 6.30. The number of likely N-dealkylation sites (tertiary alicyclic amines) is 1. The first-order valence-corrected chi connectivity index (χ1v) is 7.71. The molecule has 1 aromatic carbocycles. The van der Waals surface area contributed by atoms with Crippen molar-refractivity contribution in [1.29, 1.82) is 0 Å². The van der Waals surface area contributed by atoms with Crippen molar-refractivity contribution in [3.63, 3.8) is 0 Å². The number of rotatable bonds is 5. The molecule has 2 nitrogen and oxygen atoms in total. The third-order valence-electron chi connectivity index (χ3n) is 4.19. The first kappa shape index (κ1) is 14.8. The summed E-state index contributed by atoms with van der Waals surface area (Å²) in [5.41, 5.74) is 7.42. The third kappa shape index (κ3) is 3.95. The van der Waals surface area contributed by atoms with E-state index in [1.807, 2.05) is 18.2 Å². The van der Waals surface area contributed by atoms with Crippen LogP contribution in [0, 0.1) is 5.92 Å². The first-order valence-electron chi connectivity index (χ1n) is 7.33. The second kappa shape index (κ2) is 6.74. The average Bonchev–Trinajstić information content (AvgIpc) is 2.84. The fraction of sp³-hybridized carbons (Fsp3) is 0.625. The van der Waals surface area contributed by atoms with E-state index >= 15 is 0 Å². The molecule has 0 radical (unpaired) electrons. The Hall–Kier alpha value is -0.570. The maximum absolute atomic E-state index is 6.28. The summed E-state index contributed by atoms with van der Waals surface area (Å²) in [6.07, 6.45) is 3.67. The van der Waals surface area contributed by atoms with Crippen LogP contribution in [-0.4, -0.2) is 24.0 Å². The van der Waals surface area contributed by atoms with Crippen molar-refractivity contribution in [2.24, 2.45) is 11.7 Å². The van der Waals surface area contributed by atoms with Gasteiger partial charge in [0.2, 0.25) is 0 Å². The van der Waals surface area contributed by atoms with Crippen LogP contribution in [0.3, 0.4) is 0 Å². The Balaban J connectivity index is 1.88. The maximum Gasteiger partial charge on any atom is 0.0409 e. The van der Waals surface area contributed by atoms with E-state index in [4.69, 9.17) is 17.3 Å². The molecule has 2 unspecified atom stereocenters. The molecule has 1 fully saturated rings. The van der Waals surface area contributed by atoms with Gasteiger partial charge in [-0.3, -0.25) is 0 Å². The van der Waals surface area contributed by atoms with Gasteiger partial charge in [0.05, 0.1) is 0 Å². The zero-order valence-electron chi connectivity index (χ0n) is 12.0. The maximum atomic E-state index is 6.28. The standard InChI is InChI=1S/C16H25ClN2/c1-12(2)16-7-4-9-19(16)10-8-15(18)13-5-3-6-14(17)11-13/h3,5-6,11-12,15-16H,4,7-10,18H2,1-2H3. The minimum absolute atomic E-state index is 0.0899. The van der Waals surface area contributed by atoms with Gasteiger partial charge in [0.25, 0.3) is 0 Å². The number of hydrogen-bond acceptors (Lipinski definition) is 2. The van der Waals surface area contributed by atoms with Gasteiger partial charge in [0.1, 0.15) is 0 Å². The quantitative estimate of drug-likeness (QED) is 0.888. The molecular weight excluding hydrogens is 256 g/mol. The molecule has 2 N–H and O–H groups in total. The predicted molar refractivity (Wildman–Crippen MR) is 82.4 cm³/mol. The van der Waals surface area contributed by atoms with E-state index in [1.54, 1.807) is 0 Å². The molecule has 1 aliphatic heterocycles. The Kier molecular flexibility index (Phi) is 5.26. The van der Waals surface area contributed by atoms with Gasteiger partial charge in [-0.2, -0.15) is 0 Å². The van der Waals surface area contributed by atoms with Crippen LogP contribution < -0.4 is 5.73 Å². The van der Waals surface area contributed by atoms with Gasteiger partial charge in [-0.15, -0.1) is 0 Å². The molecule has 2 atom stereocenters. The van der Waals surface area contributed by atoms with Gasteiger partial charge in [-0.05, 0) is 49.4 Å². The largest absolute Gasteiger partial charge is 0.324 e. The summed E-state index contributed by atoms with van der Waals surface area (Å²) < 4.78 is 0. The Morgan fingerprint density at radius 2 is 2.21 bits per heavy atom. The molecule has 19 heavy (non-hydrogen) atoms. The molecule has 0 aromatic heterocycles. The number of nitrogens with zero attached hydrogens (tertiary/aromatic N) is 1. The molecule has 2 rings (SSSR count). The molecule has 0 aliphatic carbocycles. The van der Waals surface area contributed by atoms with E-state index in [2.05, 4.69) is 24.8 Å². The van der Waals surface area contributed by atoms with E-state index in [0.29, 0.717) is 0 Å². The molecular formula is C16H25ClN2. The van der Waals surface area contributed by atoms with Gasteiger partial charge in [-0.25, -0.2) is 0 Å². The van der Waals surface area contributed by atoms with Gasteiger partial charge in [0, 0.05) is 23.7 Å². The zero-order chi connectivity index (χ0) is 13.8. The highest BCUT2D eigenvalue weighted by Crippen LogP contribution is 2.25. The average molecular weight is 281 g/mol. The van der Waals surface area contributed by atoms with Crippen molar-refractivity contribution in [2.75, 3.05) is 13.1 Å². The minimum Gasteiger partial charge on any atom is -0.324 e. The van der Waals surface area contributed by atoms with Crippen LogP contribution in [-0.2, 0) is 0 Å². The lowest BCUT2D eigenvalue weighted by Gasteiger charge is -2.28. The number of hydrogen-bond donors (Lipinski definition) is 1. The molecule has 1 aliphatic rings. The third-order valence-corrected chi connectivity index (χ3v) is 4.42. The van der Waals surface area contributed by atoms with E-state index in [9.17, 15) is 0 Å². The molecule has 1 heterocycles. The number of nitrogens with two attached hydrogens (primary N) is 1. The van der Waals surface area contributed by atoms with E-state index in [-0.39, 0.29) is 6.04 Å². The van der Waals surface area contributed by atoms with Crippen molar-refractivity contribution in [1.82, 2.24) is 4.90 Å². The van der Waals surface area contributed by atoms with Crippen molar-refractivity contribution in [3.05, 3.63) is 34.9 Å². The summed E-state index contributed by atoms with van der Waals surface area (Å²) in [5, 5.41) is 0.772. The molecule has 3 heteroatoms. The van der Waals surface area contributed by atoms with E-state index in [0.717, 1.165) is 35.5 Å². The summed E-state index contributed by atoms with van der Waals surface area (Å²) >= 11 is 6.01. The van der Waals surface area contributed by atoms with Crippen molar-refractivity contribution < 1.29 is 0 Å². The summed E-state index contributed by atoms with van der Waals surface area (Å²) in [4.78, 5) is 2.61. The van der Waals surface area contributed by atoms with Gasteiger partial charge >= 0.3 is 0 Å². The lowest BCUT2D eigenvalue weighted by Crippen LogP contribution is -2.35. The van der Waals surface area contributed by atoms with Gasteiger partial charge in [0.15, 0.2) is 0 Å². The second-order valence-corrected chi connectivity index (χ2v) is 6.38. The highest BCUT2D eigenvalue weighted by atomic mass is 35.5. The van der Waals surface area contributed by atoms with Gasteiger partial charge < -0.3 is 10.6 Å². The summed E-state index contributed by atoms with van der Waals surface area (Å²) in [5.74, 6) is 0.741. The molecule has 1 saturated heterocycles. The molecule has 0 amide bonds.